The van der Waals surface area contributed by atoms with Crippen LogP contribution in [0, 0.1) is 0 Å². The van der Waals surface area contributed by atoms with E-state index in [9.17, 15) is 0 Å². The molecule has 2 aromatic rings. The summed E-state index contributed by atoms with van der Waals surface area (Å²) < 4.78 is 5.49. The quantitative estimate of drug-likeness (QED) is 0.728. The van der Waals surface area contributed by atoms with E-state index < -0.39 is 0 Å². The summed E-state index contributed by atoms with van der Waals surface area (Å²) in [4.78, 5) is 4.19. The molecule has 0 amide bonds. The average Bonchev–Trinajstić information content (AvgIpc) is 2.41. The lowest BCUT2D eigenvalue weighted by Gasteiger charge is -1.99. The minimum atomic E-state index is 0.556. The third-order valence-corrected chi connectivity index (χ3v) is 2.30. The molecule has 0 N–H and O–H groups in total. The summed E-state index contributed by atoms with van der Waals surface area (Å²) in [7, 11) is 0. The van der Waals surface area contributed by atoms with Crippen LogP contribution in [-0.4, -0.2) is 11.6 Å². The lowest BCUT2D eigenvalue weighted by molar-refractivity contribution is 0.146. The van der Waals surface area contributed by atoms with E-state index in [0.717, 1.165) is 5.69 Å². The van der Waals surface area contributed by atoms with Crippen molar-refractivity contribution >= 4 is 6.08 Å². The van der Waals surface area contributed by atoms with Crippen molar-refractivity contribution in [2.45, 2.75) is 6.61 Å². The van der Waals surface area contributed by atoms with Crippen molar-refractivity contribution in [3.05, 3.63) is 72.1 Å². The summed E-state index contributed by atoms with van der Waals surface area (Å²) in [6.45, 7) is 1.16. The summed E-state index contributed by atoms with van der Waals surface area (Å²) in [5.41, 5.74) is 2.15. The van der Waals surface area contributed by atoms with Crippen LogP contribution in [0.5, 0.6) is 0 Å². The maximum absolute atomic E-state index is 5.49. The molecule has 1 heterocycles. The van der Waals surface area contributed by atoms with Gasteiger partial charge in [-0.3, -0.25) is 4.98 Å². The Hall–Kier alpha value is -1.93. The van der Waals surface area contributed by atoms with E-state index in [1.807, 2.05) is 42.5 Å². The minimum Gasteiger partial charge on any atom is -0.371 e. The zero-order valence-corrected chi connectivity index (χ0v) is 9.62. The zero-order chi connectivity index (χ0) is 11.8. The van der Waals surface area contributed by atoms with Crippen molar-refractivity contribution in [2.75, 3.05) is 6.61 Å². The van der Waals surface area contributed by atoms with Crippen LogP contribution in [0.3, 0.4) is 0 Å². The SMILES string of the molecule is C(=C\c1ccccc1)/COCc1ccccn1. The molecule has 2 nitrogen and oxygen atoms in total. The van der Waals surface area contributed by atoms with Gasteiger partial charge in [0.15, 0.2) is 0 Å². The molecule has 0 saturated carbocycles. The molecule has 0 bridgehead atoms. The normalized spacial score (nSPS) is 10.8. The van der Waals surface area contributed by atoms with Crippen LogP contribution in [0.1, 0.15) is 11.3 Å². The Kier molecular flexibility index (Phi) is 4.49. The summed E-state index contributed by atoms with van der Waals surface area (Å²) >= 11 is 0. The van der Waals surface area contributed by atoms with Crippen molar-refractivity contribution < 1.29 is 4.74 Å². The summed E-state index contributed by atoms with van der Waals surface area (Å²) in [6.07, 6.45) is 5.84. The highest BCUT2D eigenvalue weighted by Crippen LogP contribution is 2.01. The van der Waals surface area contributed by atoms with Crippen LogP contribution in [0.25, 0.3) is 6.08 Å². The Balaban J connectivity index is 1.72. The van der Waals surface area contributed by atoms with E-state index in [1.54, 1.807) is 6.20 Å². The van der Waals surface area contributed by atoms with Gasteiger partial charge in [0.2, 0.25) is 0 Å². The van der Waals surface area contributed by atoms with Gasteiger partial charge in [0.05, 0.1) is 18.9 Å². The number of benzene rings is 1. The fraction of sp³-hybridized carbons (Fsp3) is 0.133. The van der Waals surface area contributed by atoms with E-state index in [4.69, 9.17) is 4.74 Å². The first-order valence-corrected chi connectivity index (χ1v) is 5.64. The molecular formula is C15H15NO. The third kappa shape index (κ3) is 4.21. The molecule has 2 rings (SSSR count). The Morgan fingerprint density at radius 3 is 2.59 bits per heavy atom. The topological polar surface area (TPSA) is 22.1 Å². The Bertz CT molecular complexity index is 451. The van der Waals surface area contributed by atoms with Gasteiger partial charge < -0.3 is 4.74 Å². The number of rotatable bonds is 5. The first-order valence-electron chi connectivity index (χ1n) is 5.64. The van der Waals surface area contributed by atoms with Crippen LogP contribution in [0.15, 0.2) is 60.8 Å². The molecule has 0 radical (unpaired) electrons. The summed E-state index contributed by atoms with van der Waals surface area (Å²) in [6, 6.07) is 16.0. The van der Waals surface area contributed by atoms with Gasteiger partial charge in [-0.05, 0) is 17.7 Å². The van der Waals surface area contributed by atoms with Gasteiger partial charge in [0.1, 0.15) is 0 Å². The second-order valence-electron chi connectivity index (χ2n) is 3.65. The van der Waals surface area contributed by atoms with Gasteiger partial charge in [-0.15, -0.1) is 0 Å². The molecule has 0 spiro atoms. The number of nitrogens with zero attached hydrogens (tertiary/aromatic N) is 1. The first kappa shape index (κ1) is 11.6. The molecular weight excluding hydrogens is 210 g/mol. The molecule has 86 valence electrons. The molecule has 1 aromatic heterocycles. The van der Waals surface area contributed by atoms with Crippen LogP contribution in [-0.2, 0) is 11.3 Å². The first-order chi connectivity index (χ1) is 8.45. The lowest BCUT2D eigenvalue weighted by atomic mass is 10.2. The smallest absolute Gasteiger partial charge is 0.0892 e. The number of pyridine rings is 1. The molecule has 0 aliphatic heterocycles. The number of hydrogen-bond acceptors (Lipinski definition) is 2. The molecule has 0 atom stereocenters. The maximum atomic E-state index is 5.49. The summed E-state index contributed by atoms with van der Waals surface area (Å²) in [5.74, 6) is 0. The van der Waals surface area contributed by atoms with E-state index in [1.165, 1.54) is 5.56 Å². The van der Waals surface area contributed by atoms with Gasteiger partial charge in [0, 0.05) is 6.20 Å². The standard InChI is InChI=1S/C15H15NO/c1-2-7-14(8-3-1)9-6-12-17-13-15-10-4-5-11-16-15/h1-11H,12-13H2/b9-6+. The Morgan fingerprint density at radius 1 is 1.00 bits per heavy atom. The van der Waals surface area contributed by atoms with Crippen LogP contribution in [0.4, 0.5) is 0 Å². The minimum absolute atomic E-state index is 0.556. The molecule has 2 heteroatoms. The molecule has 0 aliphatic rings. The van der Waals surface area contributed by atoms with Gasteiger partial charge >= 0.3 is 0 Å². The second kappa shape index (κ2) is 6.61. The molecule has 17 heavy (non-hydrogen) atoms. The maximum Gasteiger partial charge on any atom is 0.0892 e. The van der Waals surface area contributed by atoms with E-state index in [0.29, 0.717) is 13.2 Å². The highest BCUT2D eigenvalue weighted by molar-refractivity contribution is 5.48. The fourth-order valence-electron chi connectivity index (χ4n) is 1.46. The zero-order valence-electron chi connectivity index (χ0n) is 9.62. The largest absolute Gasteiger partial charge is 0.371 e. The Labute approximate surface area is 102 Å². The highest BCUT2D eigenvalue weighted by Gasteiger charge is 1.90. The number of hydrogen-bond donors (Lipinski definition) is 0. The van der Waals surface area contributed by atoms with Gasteiger partial charge in [0.25, 0.3) is 0 Å². The predicted octanol–water partition coefficient (Wildman–Crippen LogP) is 3.31. The number of ether oxygens (including phenoxy) is 1. The van der Waals surface area contributed by atoms with Crippen LogP contribution >= 0.6 is 0 Å². The van der Waals surface area contributed by atoms with Gasteiger partial charge in [-0.25, -0.2) is 0 Å². The Morgan fingerprint density at radius 2 is 1.82 bits per heavy atom. The average molecular weight is 225 g/mol. The van der Waals surface area contributed by atoms with E-state index >= 15 is 0 Å². The highest BCUT2D eigenvalue weighted by atomic mass is 16.5. The van der Waals surface area contributed by atoms with Crippen molar-refractivity contribution in [3.8, 4) is 0 Å². The van der Waals surface area contributed by atoms with Gasteiger partial charge in [-0.2, -0.15) is 0 Å². The lowest BCUT2D eigenvalue weighted by Crippen LogP contribution is -1.94. The predicted molar refractivity (Wildman–Crippen MR) is 69.4 cm³/mol. The molecule has 0 saturated heterocycles. The van der Waals surface area contributed by atoms with E-state index in [2.05, 4.69) is 23.2 Å². The third-order valence-electron chi connectivity index (χ3n) is 2.30. The molecule has 0 unspecified atom stereocenters. The monoisotopic (exact) mass is 225 g/mol. The van der Waals surface area contributed by atoms with Crippen molar-refractivity contribution in [3.63, 3.8) is 0 Å². The molecule has 0 fully saturated rings. The molecule has 1 aromatic carbocycles. The fourth-order valence-corrected chi connectivity index (χ4v) is 1.46. The van der Waals surface area contributed by atoms with Crippen LogP contribution in [0.2, 0.25) is 0 Å². The molecule has 0 aliphatic carbocycles. The van der Waals surface area contributed by atoms with Gasteiger partial charge in [-0.1, -0.05) is 48.6 Å². The summed E-state index contributed by atoms with van der Waals surface area (Å²) in [5, 5.41) is 0. The van der Waals surface area contributed by atoms with Crippen molar-refractivity contribution in [2.24, 2.45) is 0 Å². The van der Waals surface area contributed by atoms with E-state index in [-0.39, 0.29) is 0 Å². The van der Waals surface area contributed by atoms with Crippen LogP contribution < -0.4 is 0 Å². The second-order valence-corrected chi connectivity index (χ2v) is 3.65. The van der Waals surface area contributed by atoms with Crippen molar-refractivity contribution in [1.29, 1.82) is 0 Å². The van der Waals surface area contributed by atoms with Crippen molar-refractivity contribution in [1.82, 2.24) is 4.98 Å². The number of aromatic nitrogens is 1.